The number of hydrogen-bond acceptors (Lipinski definition) is 3. The van der Waals surface area contributed by atoms with Crippen molar-refractivity contribution in [3.63, 3.8) is 0 Å². The van der Waals surface area contributed by atoms with E-state index in [4.69, 9.17) is 0 Å². The second kappa shape index (κ2) is 7.54. The maximum Gasteiger partial charge on any atom is 0.251 e. The topological polar surface area (TPSA) is 58.2 Å². The fourth-order valence-corrected chi connectivity index (χ4v) is 4.23. The lowest BCUT2D eigenvalue weighted by Gasteiger charge is -2.25. The summed E-state index contributed by atoms with van der Waals surface area (Å²) in [6.07, 6.45) is 4.42. The Morgan fingerprint density at radius 1 is 1.15 bits per heavy atom. The summed E-state index contributed by atoms with van der Waals surface area (Å²) >= 11 is 1.64. The van der Waals surface area contributed by atoms with Crippen LogP contribution in [0.4, 0.5) is 5.69 Å². The van der Waals surface area contributed by atoms with Gasteiger partial charge in [0, 0.05) is 29.2 Å². The molecular formula is C21H22N2O2S. The largest absolute Gasteiger partial charge is 0.348 e. The molecule has 2 aliphatic rings. The molecule has 134 valence electrons. The minimum absolute atomic E-state index is 0.000334. The van der Waals surface area contributed by atoms with E-state index in [1.54, 1.807) is 17.8 Å². The summed E-state index contributed by atoms with van der Waals surface area (Å²) in [5.74, 6) is 1.37. The molecule has 26 heavy (non-hydrogen) atoms. The number of thioether (sulfide) groups is 1. The van der Waals surface area contributed by atoms with Crippen LogP contribution in [0.25, 0.3) is 0 Å². The third-order valence-electron chi connectivity index (χ3n) is 5.11. The highest BCUT2D eigenvalue weighted by atomic mass is 32.2. The van der Waals surface area contributed by atoms with Gasteiger partial charge in [0.15, 0.2) is 0 Å². The van der Waals surface area contributed by atoms with Crippen molar-refractivity contribution in [1.29, 1.82) is 0 Å². The van der Waals surface area contributed by atoms with Gasteiger partial charge < -0.3 is 10.6 Å². The molecule has 1 saturated carbocycles. The maximum atomic E-state index is 12.5. The highest BCUT2D eigenvalue weighted by Crippen LogP contribution is 2.36. The Morgan fingerprint density at radius 2 is 1.96 bits per heavy atom. The Morgan fingerprint density at radius 3 is 2.69 bits per heavy atom. The van der Waals surface area contributed by atoms with Gasteiger partial charge in [-0.25, -0.2) is 0 Å². The van der Waals surface area contributed by atoms with E-state index in [-0.39, 0.29) is 11.8 Å². The molecule has 1 fully saturated rings. The van der Waals surface area contributed by atoms with Crippen molar-refractivity contribution in [3.05, 3.63) is 59.2 Å². The van der Waals surface area contributed by atoms with Gasteiger partial charge in [0.25, 0.3) is 5.91 Å². The number of rotatable bonds is 4. The molecule has 4 nitrogen and oxygen atoms in total. The lowest BCUT2D eigenvalue weighted by Crippen LogP contribution is -2.23. The minimum Gasteiger partial charge on any atom is -0.348 e. The molecule has 2 aromatic carbocycles. The SMILES string of the molecule is O=C1CCSc2ccc(C(=O)NCc3ccc(C4CCC4)cc3)cc2N1. The Kier molecular flexibility index (Phi) is 4.98. The summed E-state index contributed by atoms with van der Waals surface area (Å²) in [5, 5.41) is 5.85. The standard InChI is InChI=1S/C21H22N2O2S/c24-20-10-11-26-19-9-8-17(12-18(19)23-20)21(25)22-13-14-4-6-16(7-5-14)15-2-1-3-15/h4-9,12,15H,1-3,10-11,13H2,(H,22,25)(H,23,24). The zero-order valence-corrected chi connectivity index (χ0v) is 15.4. The molecular weight excluding hydrogens is 344 g/mol. The average molecular weight is 366 g/mol. The Bertz CT molecular complexity index is 828. The summed E-state index contributed by atoms with van der Waals surface area (Å²) in [6, 6.07) is 14.1. The molecule has 1 aliphatic carbocycles. The second-order valence-electron chi connectivity index (χ2n) is 6.91. The summed E-state index contributed by atoms with van der Waals surface area (Å²) < 4.78 is 0. The first-order valence-electron chi connectivity index (χ1n) is 9.13. The van der Waals surface area contributed by atoms with Crippen molar-refractivity contribution in [2.24, 2.45) is 0 Å². The first-order valence-corrected chi connectivity index (χ1v) is 10.1. The van der Waals surface area contributed by atoms with E-state index in [9.17, 15) is 9.59 Å². The third-order valence-corrected chi connectivity index (χ3v) is 6.19. The van der Waals surface area contributed by atoms with Crippen LogP contribution < -0.4 is 10.6 Å². The van der Waals surface area contributed by atoms with Crippen LogP contribution in [-0.4, -0.2) is 17.6 Å². The van der Waals surface area contributed by atoms with E-state index in [0.717, 1.165) is 27.8 Å². The number of hydrogen-bond donors (Lipinski definition) is 2. The van der Waals surface area contributed by atoms with Crippen molar-refractivity contribution < 1.29 is 9.59 Å². The van der Waals surface area contributed by atoms with Gasteiger partial charge in [-0.3, -0.25) is 9.59 Å². The highest BCUT2D eigenvalue weighted by molar-refractivity contribution is 7.99. The second-order valence-corrected chi connectivity index (χ2v) is 8.05. The normalized spacial score (nSPS) is 16.8. The molecule has 0 spiro atoms. The Balaban J connectivity index is 1.39. The van der Waals surface area contributed by atoms with Gasteiger partial charge in [0.05, 0.1) is 5.69 Å². The maximum absolute atomic E-state index is 12.5. The van der Waals surface area contributed by atoms with Crippen LogP contribution in [0.5, 0.6) is 0 Å². The van der Waals surface area contributed by atoms with Crippen LogP contribution in [0.15, 0.2) is 47.4 Å². The summed E-state index contributed by atoms with van der Waals surface area (Å²) in [4.78, 5) is 25.2. The first-order chi connectivity index (χ1) is 12.7. The third kappa shape index (κ3) is 3.78. The highest BCUT2D eigenvalue weighted by Gasteiger charge is 2.19. The lowest BCUT2D eigenvalue weighted by molar-refractivity contribution is -0.115. The van der Waals surface area contributed by atoms with Gasteiger partial charge in [0.1, 0.15) is 0 Å². The quantitative estimate of drug-likeness (QED) is 0.847. The van der Waals surface area contributed by atoms with Gasteiger partial charge >= 0.3 is 0 Å². The van der Waals surface area contributed by atoms with Gasteiger partial charge in [-0.05, 0) is 48.1 Å². The zero-order valence-electron chi connectivity index (χ0n) is 14.6. The monoisotopic (exact) mass is 366 g/mol. The smallest absolute Gasteiger partial charge is 0.251 e. The van der Waals surface area contributed by atoms with Gasteiger partial charge in [-0.2, -0.15) is 0 Å². The van der Waals surface area contributed by atoms with Crippen LogP contribution in [0.3, 0.4) is 0 Å². The molecule has 0 saturated heterocycles. The van der Waals surface area contributed by atoms with Crippen LogP contribution in [0, 0.1) is 0 Å². The van der Waals surface area contributed by atoms with E-state index < -0.39 is 0 Å². The predicted molar refractivity (Wildman–Crippen MR) is 105 cm³/mol. The lowest BCUT2D eigenvalue weighted by atomic mass is 9.80. The fourth-order valence-electron chi connectivity index (χ4n) is 3.29. The summed E-state index contributed by atoms with van der Waals surface area (Å²) in [7, 11) is 0. The first kappa shape index (κ1) is 17.2. The van der Waals surface area contributed by atoms with Gasteiger partial charge in [-0.15, -0.1) is 11.8 Å². The number of carbonyl (C=O) groups excluding carboxylic acids is 2. The zero-order chi connectivity index (χ0) is 17.9. The van der Waals surface area contributed by atoms with E-state index >= 15 is 0 Å². The summed E-state index contributed by atoms with van der Waals surface area (Å²) in [5.41, 5.74) is 3.80. The molecule has 0 unspecified atom stereocenters. The molecule has 0 bridgehead atoms. The van der Waals surface area contributed by atoms with Crippen molar-refractivity contribution in [2.75, 3.05) is 11.1 Å². The van der Waals surface area contributed by atoms with E-state index in [0.29, 0.717) is 18.5 Å². The van der Waals surface area contributed by atoms with Crippen molar-refractivity contribution in [1.82, 2.24) is 5.32 Å². The molecule has 2 amide bonds. The molecule has 0 atom stereocenters. The van der Waals surface area contributed by atoms with Crippen LogP contribution >= 0.6 is 11.8 Å². The van der Waals surface area contributed by atoms with E-state index in [1.807, 2.05) is 12.1 Å². The number of amides is 2. The number of benzene rings is 2. The Hall–Kier alpha value is -2.27. The number of anilines is 1. The molecule has 1 aliphatic heterocycles. The molecule has 4 rings (SSSR count). The van der Waals surface area contributed by atoms with Crippen molar-refractivity contribution in [2.45, 2.75) is 43.0 Å². The molecule has 5 heteroatoms. The molecule has 1 heterocycles. The van der Waals surface area contributed by atoms with Crippen LogP contribution in [-0.2, 0) is 11.3 Å². The average Bonchev–Trinajstić information content (AvgIpc) is 2.79. The van der Waals surface area contributed by atoms with Gasteiger partial charge in [0.2, 0.25) is 5.91 Å². The number of nitrogens with one attached hydrogen (secondary N) is 2. The fraction of sp³-hybridized carbons (Fsp3) is 0.333. The molecule has 0 aromatic heterocycles. The number of carbonyl (C=O) groups is 2. The van der Waals surface area contributed by atoms with Crippen molar-refractivity contribution in [3.8, 4) is 0 Å². The van der Waals surface area contributed by atoms with E-state index in [2.05, 4.69) is 34.9 Å². The molecule has 2 N–H and O–H groups in total. The molecule has 0 radical (unpaired) electrons. The van der Waals surface area contributed by atoms with Crippen LogP contribution in [0.2, 0.25) is 0 Å². The van der Waals surface area contributed by atoms with Gasteiger partial charge in [-0.1, -0.05) is 30.7 Å². The minimum atomic E-state index is -0.126. The van der Waals surface area contributed by atoms with Crippen molar-refractivity contribution >= 4 is 29.3 Å². The Labute approximate surface area is 157 Å². The predicted octanol–water partition coefficient (Wildman–Crippen LogP) is 4.32. The summed E-state index contributed by atoms with van der Waals surface area (Å²) in [6.45, 7) is 0.502. The van der Waals surface area contributed by atoms with E-state index in [1.165, 1.54) is 24.8 Å². The number of fused-ring (bicyclic) bond motifs is 1. The van der Waals surface area contributed by atoms with Crippen LogP contribution in [0.1, 0.15) is 53.1 Å². The molecule has 2 aromatic rings.